The molecule has 0 saturated heterocycles. The Morgan fingerprint density at radius 3 is 2.38 bits per heavy atom. The monoisotopic (exact) mass is 462 g/mol. The molecule has 5 nitrogen and oxygen atoms in total. The van der Waals surface area contributed by atoms with Gasteiger partial charge in [0.25, 0.3) is 0 Å². The summed E-state index contributed by atoms with van der Waals surface area (Å²) in [4.78, 5) is 27.0. The number of carbonyl (C=O) groups excluding carboxylic acids is 1. The molecule has 1 amide bonds. The summed E-state index contributed by atoms with van der Waals surface area (Å²) in [5.74, 6) is -0.555. The second-order valence-corrected chi connectivity index (χ2v) is 10.6. The van der Waals surface area contributed by atoms with E-state index in [0.29, 0.717) is 24.8 Å². The molecular formula is C29H38N2O3. The minimum Gasteiger partial charge on any atom is -0.481 e. The number of rotatable bonds is 9. The third kappa shape index (κ3) is 5.99. The SMILES string of the molecule is Cc1ccc(CC(=O)Nc2cc(C3C[C@H]3C(=O)O)ccc2N(CC(C)C)C2CCCCC2)cc1. The van der Waals surface area contributed by atoms with E-state index in [-0.39, 0.29) is 17.7 Å². The van der Waals surface area contributed by atoms with Crippen LogP contribution in [-0.2, 0) is 16.0 Å². The van der Waals surface area contributed by atoms with Crippen LogP contribution in [0.2, 0.25) is 0 Å². The molecule has 2 N–H and O–H groups in total. The summed E-state index contributed by atoms with van der Waals surface area (Å²) in [5, 5.41) is 12.6. The third-order valence-corrected chi connectivity index (χ3v) is 7.20. The van der Waals surface area contributed by atoms with Crippen LogP contribution in [0.5, 0.6) is 0 Å². The molecular weight excluding hydrogens is 424 g/mol. The maximum Gasteiger partial charge on any atom is 0.307 e. The number of carbonyl (C=O) groups is 2. The smallest absolute Gasteiger partial charge is 0.307 e. The van der Waals surface area contributed by atoms with Gasteiger partial charge in [-0.2, -0.15) is 0 Å². The first-order valence-corrected chi connectivity index (χ1v) is 12.8. The van der Waals surface area contributed by atoms with E-state index >= 15 is 0 Å². The molecule has 2 aromatic carbocycles. The second kappa shape index (κ2) is 10.6. The van der Waals surface area contributed by atoms with Crippen molar-refractivity contribution in [3.05, 3.63) is 59.2 Å². The van der Waals surface area contributed by atoms with Crippen LogP contribution in [-0.4, -0.2) is 29.6 Å². The van der Waals surface area contributed by atoms with Crippen LogP contribution >= 0.6 is 0 Å². The van der Waals surface area contributed by atoms with Crippen molar-refractivity contribution in [2.24, 2.45) is 11.8 Å². The molecule has 0 bridgehead atoms. The molecule has 5 heteroatoms. The summed E-state index contributed by atoms with van der Waals surface area (Å²) in [6.45, 7) is 7.45. The summed E-state index contributed by atoms with van der Waals surface area (Å²) in [7, 11) is 0. The number of hydrogen-bond donors (Lipinski definition) is 2. The minimum absolute atomic E-state index is 0.0347. The Balaban J connectivity index is 1.63. The van der Waals surface area contributed by atoms with Crippen LogP contribution in [0.25, 0.3) is 0 Å². The normalized spacial score (nSPS) is 20.2. The number of carboxylic acid groups (broad SMARTS) is 1. The Morgan fingerprint density at radius 2 is 1.76 bits per heavy atom. The van der Waals surface area contributed by atoms with E-state index in [1.54, 1.807) is 0 Å². The van der Waals surface area contributed by atoms with Crippen molar-refractivity contribution >= 4 is 23.3 Å². The molecule has 0 aromatic heterocycles. The molecule has 2 fully saturated rings. The van der Waals surface area contributed by atoms with E-state index in [4.69, 9.17) is 0 Å². The Hall–Kier alpha value is -2.82. The first-order valence-electron chi connectivity index (χ1n) is 12.8. The molecule has 0 radical (unpaired) electrons. The summed E-state index contributed by atoms with van der Waals surface area (Å²) >= 11 is 0. The van der Waals surface area contributed by atoms with E-state index < -0.39 is 5.97 Å². The average molecular weight is 463 g/mol. The molecule has 2 aromatic rings. The molecule has 2 atom stereocenters. The van der Waals surface area contributed by atoms with Crippen molar-refractivity contribution < 1.29 is 14.7 Å². The molecule has 34 heavy (non-hydrogen) atoms. The maximum absolute atomic E-state index is 13.1. The molecule has 2 aliphatic rings. The lowest BCUT2D eigenvalue weighted by atomic mass is 9.92. The van der Waals surface area contributed by atoms with Gasteiger partial charge in [-0.3, -0.25) is 9.59 Å². The van der Waals surface area contributed by atoms with Gasteiger partial charge >= 0.3 is 5.97 Å². The van der Waals surface area contributed by atoms with Crippen LogP contribution < -0.4 is 10.2 Å². The summed E-state index contributed by atoms with van der Waals surface area (Å²) < 4.78 is 0. The first kappa shape index (κ1) is 24.3. The average Bonchev–Trinajstić information content (AvgIpc) is 3.61. The zero-order valence-corrected chi connectivity index (χ0v) is 20.7. The van der Waals surface area contributed by atoms with Gasteiger partial charge in [0.1, 0.15) is 0 Å². The fourth-order valence-corrected chi connectivity index (χ4v) is 5.29. The summed E-state index contributed by atoms with van der Waals surface area (Å²) in [6.07, 6.45) is 7.12. The fraction of sp³-hybridized carbons (Fsp3) is 0.517. The third-order valence-electron chi connectivity index (χ3n) is 7.20. The predicted octanol–water partition coefficient (Wildman–Crippen LogP) is 6.16. The Morgan fingerprint density at radius 1 is 1.06 bits per heavy atom. The highest BCUT2D eigenvalue weighted by Gasteiger charge is 2.44. The highest BCUT2D eigenvalue weighted by Crippen LogP contribution is 2.49. The molecule has 2 saturated carbocycles. The second-order valence-electron chi connectivity index (χ2n) is 10.6. The van der Waals surface area contributed by atoms with Gasteiger partial charge in [-0.25, -0.2) is 0 Å². The standard InChI is InChI=1S/C29H38N2O3/c1-19(2)18-31(23-7-5-4-6-8-23)27-14-13-22(24-17-25(24)29(33)34)16-26(27)30-28(32)15-21-11-9-20(3)10-12-21/h9-14,16,19,23-25H,4-8,15,17-18H2,1-3H3,(H,30,32)(H,33,34)/t24?,25-/m1/s1. The molecule has 0 spiro atoms. The van der Waals surface area contributed by atoms with Crippen molar-refractivity contribution in [1.82, 2.24) is 0 Å². The van der Waals surface area contributed by atoms with Crippen LogP contribution in [0.15, 0.2) is 42.5 Å². The zero-order valence-electron chi connectivity index (χ0n) is 20.7. The molecule has 0 aliphatic heterocycles. The summed E-state index contributed by atoms with van der Waals surface area (Å²) in [6, 6.07) is 14.8. The van der Waals surface area contributed by atoms with Crippen LogP contribution in [0.4, 0.5) is 11.4 Å². The van der Waals surface area contributed by atoms with Gasteiger partial charge < -0.3 is 15.3 Å². The number of aryl methyl sites for hydroxylation is 1. The largest absolute Gasteiger partial charge is 0.481 e. The van der Waals surface area contributed by atoms with Gasteiger partial charge in [-0.15, -0.1) is 0 Å². The number of hydrogen-bond acceptors (Lipinski definition) is 3. The number of carboxylic acids is 1. The lowest BCUT2D eigenvalue weighted by Crippen LogP contribution is -2.40. The Bertz CT molecular complexity index is 1010. The molecule has 1 unspecified atom stereocenters. The quantitative estimate of drug-likeness (QED) is 0.468. The van der Waals surface area contributed by atoms with Gasteiger partial charge in [-0.1, -0.05) is 69.0 Å². The fourth-order valence-electron chi connectivity index (χ4n) is 5.29. The van der Waals surface area contributed by atoms with Gasteiger partial charge in [0.05, 0.1) is 23.7 Å². The number of aliphatic carboxylic acids is 1. The van der Waals surface area contributed by atoms with Crippen molar-refractivity contribution in [1.29, 1.82) is 0 Å². The Labute approximate surface area is 203 Å². The zero-order chi connectivity index (χ0) is 24.2. The van der Waals surface area contributed by atoms with Gasteiger partial charge in [0.15, 0.2) is 0 Å². The van der Waals surface area contributed by atoms with Crippen LogP contribution in [0.3, 0.4) is 0 Å². The Kier molecular flexibility index (Phi) is 7.60. The summed E-state index contributed by atoms with van der Waals surface area (Å²) in [5.41, 5.74) is 5.05. The van der Waals surface area contributed by atoms with E-state index in [0.717, 1.165) is 29.0 Å². The van der Waals surface area contributed by atoms with E-state index in [1.807, 2.05) is 37.3 Å². The van der Waals surface area contributed by atoms with Crippen LogP contribution in [0.1, 0.15) is 75.0 Å². The van der Waals surface area contributed by atoms with Gasteiger partial charge in [-0.05, 0) is 61.3 Å². The molecule has 0 heterocycles. The van der Waals surface area contributed by atoms with Gasteiger partial charge in [0, 0.05) is 12.6 Å². The van der Waals surface area contributed by atoms with Crippen LogP contribution in [0, 0.1) is 18.8 Å². The highest BCUT2D eigenvalue weighted by atomic mass is 16.4. The number of nitrogens with one attached hydrogen (secondary N) is 1. The van der Waals surface area contributed by atoms with Crippen molar-refractivity contribution in [3.63, 3.8) is 0 Å². The van der Waals surface area contributed by atoms with Gasteiger partial charge in [0.2, 0.25) is 5.91 Å². The topological polar surface area (TPSA) is 69.6 Å². The van der Waals surface area contributed by atoms with E-state index in [1.165, 1.54) is 37.7 Å². The molecule has 2 aliphatic carbocycles. The van der Waals surface area contributed by atoms with E-state index in [2.05, 4.69) is 36.2 Å². The number of benzene rings is 2. The number of nitrogens with zero attached hydrogens (tertiary/aromatic N) is 1. The van der Waals surface area contributed by atoms with E-state index in [9.17, 15) is 14.7 Å². The van der Waals surface area contributed by atoms with Crippen molar-refractivity contribution in [2.75, 3.05) is 16.8 Å². The maximum atomic E-state index is 13.1. The first-order chi connectivity index (χ1) is 16.3. The van der Waals surface area contributed by atoms with Crippen molar-refractivity contribution in [2.45, 2.75) is 77.7 Å². The van der Waals surface area contributed by atoms with Crippen molar-refractivity contribution in [3.8, 4) is 0 Å². The predicted molar refractivity (Wildman–Crippen MR) is 137 cm³/mol. The molecule has 182 valence electrons. The highest BCUT2D eigenvalue weighted by molar-refractivity contribution is 5.96. The lowest BCUT2D eigenvalue weighted by Gasteiger charge is -2.38. The molecule has 4 rings (SSSR count). The number of anilines is 2. The minimum atomic E-state index is -0.734. The number of amides is 1. The lowest BCUT2D eigenvalue weighted by molar-refractivity contribution is -0.138.